The quantitative estimate of drug-likeness (QED) is 0.514. The monoisotopic (exact) mass is 399 g/mol. The largest absolute Gasteiger partial charge is 0.274 e. The number of anilines is 1. The van der Waals surface area contributed by atoms with Gasteiger partial charge in [0.25, 0.3) is 10.0 Å². The SMILES string of the molecule is CCCN(c1nc2ccccc2n2c(C)nnc12)S(=O)(=O)c1ccc(F)cc1. The minimum Gasteiger partial charge on any atom is -0.274 e. The Balaban J connectivity index is 2.00. The molecule has 28 heavy (non-hydrogen) atoms. The molecule has 2 aromatic carbocycles. The van der Waals surface area contributed by atoms with E-state index in [1.54, 1.807) is 11.3 Å². The first kappa shape index (κ1) is 18.3. The van der Waals surface area contributed by atoms with Crippen molar-refractivity contribution in [1.29, 1.82) is 0 Å². The lowest BCUT2D eigenvalue weighted by Gasteiger charge is -2.23. The van der Waals surface area contributed by atoms with Gasteiger partial charge in [0.05, 0.1) is 15.9 Å². The van der Waals surface area contributed by atoms with Crippen molar-refractivity contribution in [3.8, 4) is 0 Å². The molecule has 0 aliphatic carbocycles. The highest BCUT2D eigenvalue weighted by Gasteiger charge is 2.29. The maximum atomic E-state index is 13.3. The zero-order chi connectivity index (χ0) is 19.9. The summed E-state index contributed by atoms with van der Waals surface area (Å²) in [5.41, 5.74) is 1.78. The highest BCUT2D eigenvalue weighted by atomic mass is 32.2. The molecule has 7 nitrogen and oxygen atoms in total. The van der Waals surface area contributed by atoms with Crippen LogP contribution in [0, 0.1) is 12.7 Å². The molecule has 2 aromatic heterocycles. The van der Waals surface area contributed by atoms with Gasteiger partial charge in [-0.1, -0.05) is 19.1 Å². The predicted octanol–water partition coefficient (Wildman–Crippen LogP) is 3.33. The number of rotatable bonds is 5. The summed E-state index contributed by atoms with van der Waals surface area (Å²) in [5, 5.41) is 8.29. The fourth-order valence-electron chi connectivity index (χ4n) is 3.15. The summed E-state index contributed by atoms with van der Waals surface area (Å²) in [7, 11) is -3.96. The summed E-state index contributed by atoms with van der Waals surface area (Å²) in [6, 6.07) is 12.2. The second-order valence-electron chi connectivity index (χ2n) is 6.36. The number of para-hydroxylation sites is 2. The number of hydrogen-bond acceptors (Lipinski definition) is 5. The average Bonchev–Trinajstić information content (AvgIpc) is 3.08. The molecule has 0 saturated carbocycles. The standard InChI is InChI=1S/C19H18FN5O2S/c1-3-12-24(28(26,27)15-10-8-14(20)9-11-15)18-19-23-22-13(2)25(19)17-7-5-4-6-16(17)21-18/h4-11H,3,12H2,1-2H3. The number of benzene rings is 2. The third-order valence-electron chi connectivity index (χ3n) is 4.44. The van der Waals surface area contributed by atoms with Crippen LogP contribution in [0.4, 0.5) is 10.2 Å². The summed E-state index contributed by atoms with van der Waals surface area (Å²) >= 11 is 0. The molecule has 4 aromatic rings. The first-order chi connectivity index (χ1) is 13.4. The summed E-state index contributed by atoms with van der Waals surface area (Å²) in [6.45, 7) is 3.88. The number of hydrogen-bond donors (Lipinski definition) is 0. The molecule has 2 heterocycles. The Kier molecular flexibility index (Phi) is 4.46. The first-order valence-electron chi connectivity index (χ1n) is 8.82. The first-order valence-corrected chi connectivity index (χ1v) is 10.3. The lowest BCUT2D eigenvalue weighted by atomic mass is 10.3. The Hall–Kier alpha value is -3.07. The van der Waals surface area contributed by atoms with Gasteiger partial charge >= 0.3 is 0 Å². The number of aromatic nitrogens is 4. The van der Waals surface area contributed by atoms with Crippen molar-refractivity contribution in [1.82, 2.24) is 19.6 Å². The van der Waals surface area contributed by atoms with E-state index in [9.17, 15) is 12.8 Å². The second kappa shape index (κ2) is 6.83. The topological polar surface area (TPSA) is 80.5 Å². The molecule has 4 rings (SSSR count). The van der Waals surface area contributed by atoms with Crippen molar-refractivity contribution >= 4 is 32.5 Å². The molecule has 0 bridgehead atoms. The van der Waals surface area contributed by atoms with Crippen LogP contribution in [0.15, 0.2) is 53.4 Å². The smallest absolute Gasteiger partial charge is 0.265 e. The second-order valence-corrected chi connectivity index (χ2v) is 8.22. The molecular formula is C19H18FN5O2S. The van der Waals surface area contributed by atoms with Crippen LogP contribution in [0.5, 0.6) is 0 Å². The Labute approximate surface area is 161 Å². The van der Waals surface area contributed by atoms with Crippen molar-refractivity contribution in [3.63, 3.8) is 0 Å². The lowest BCUT2D eigenvalue weighted by molar-refractivity contribution is 0.588. The van der Waals surface area contributed by atoms with Crippen molar-refractivity contribution in [2.24, 2.45) is 0 Å². The molecule has 0 aliphatic rings. The van der Waals surface area contributed by atoms with E-state index in [1.165, 1.54) is 16.4 Å². The van der Waals surface area contributed by atoms with Crippen LogP contribution >= 0.6 is 0 Å². The van der Waals surface area contributed by atoms with Crippen molar-refractivity contribution in [2.75, 3.05) is 10.8 Å². The van der Waals surface area contributed by atoms with Crippen LogP contribution in [-0.2, 0) is 10.0 Å². The number of aryl methyl sites for hydroxylation is 1. The number of nitrogens with zero attached hydrogens (tertiary/aromatic N) is 5. The molecule has 0 spiro atoms. The van der Waals surface area contributed by atoms with Crippen LogP contribution in [0.25, 0.3) is 16.7 Å². The minimum absolute atomic E-state index is 0.00769. The highest BCUT2D eigenvalue weighted by molar-refractivity contribution is 7.92. The van der Waals surface area contributed by atoms with Gasteiger partial charge in [0.2, 0.25) is 5.65 Å². The van der Waals surface area contributed by atoms with Gasteiger partial charge in [-0.3, -0.25) is 4.40 Å². The number of halogens is 1. The van der Waals surface area contributed by atoms with Gasteiger partial charge in [-0.2, -0.15) is 0 Å². The van der Waals surface area contributed by atoms with Crippen molar-refractivity contribution < 1.29 is 12.8 Å². The van der Waals surface area contributed by atoms with Crippen LogP contribution in [0.3, 0.4) is 0 Å². The summed E-state index contributed by atoms with van der Waals surface area (Å²) in [5.74, 6) is 0.330. The predicted molar refractivity (Wildman–Crippen MR) is 104 cm³/mol. The zero-order valence-electron chi connectivity index (χ0n) is 15.4. The molecule has 0 radical (unpaired) electrons. The van der Waals surface area contributed by atoms with Crippen molar-refractivity contribution in [3.05, 3.63) is 60.2 Å². The Morgan fingerprint density at radius 1 is 1.07 bits per heavy atom. The molecule has 144 valence electrons. The van der Waals surface area contributed by atoms with Gasteiger partial charge in [0, 0.05) is 6.54 Å². The number of fused-ring (bicyclic) bond motifs is 3. The maximum Gasteiger partial charge on any atom is 0.265 e. The van der Waals surface area contributed by atoms with E-state index in [1.807, 2.05) is 31.2 Å². The Bertz CT molecular complexity index is 1270. The highest BCUT2D eigenvalue weighted by Crippen LogP contribution is 2.29. The molecule has 0 aliphatic heterocycles. The van der Waals surface area contributed by atoms with Gasteiger partial charge in [0.1, 0.15) is 11.6 Å². The molecule has 9 heteroatoms. The van der Waals surface area contributed by atoms with E-state index >= 15 is 0 Å². The van der Waals surface area contributed by atoms with Crippen LogP contribution in [0.1, 0.15) is 19.2 Å². The van der Waals surface area contributed by atoms with E-state index < -0.39 is 15.8 Å². The number of sulfonamides is 1. The third-order valence-corrected chi connectivity index (χ3v) is 6.24. The molecule has 0 fully saturated rings. The third kappa shape index (κ3) is 2.88. The van der Waals surface area contributed by atoms with Crippen LogP contribution < -0.4 is 4.31 Å². The molecule has 0 N–H and O–H groups in total. The lowest BCUT2D eigenvalue weighted by Crippen LogP contribution is -2.33. The minimum atomic E-state index is -3.96. The zero-order valence-corrected chi connectivity index (χ0v) is 16.2. The molecule has 0 saturated heterocycles. The summed E-state index contributed by atoms with van der Waals surface area (Å²) in [6.07, 6.45) is 0.564. The van der Waals surface area contributed by atoms with Gasteiger partial charge in [-0.15, -0.1) is 10.2 Å². The maximum absolute atomic E-state index is 13.3. The van der Waals surface area contributed by atoms with E-state index in [-0.39, 0.29) is 17.3 Å². The van der Waals surface area contributed by atoms with Gasteiger partial charge in [-0.25, -0.2) is 22.1 Å². The normalized spacial score (nSPS) is 12.0. The fourth-order valence-corrected chi connectivity index (χ4v) is 4.66. The summed E-state index contributed by atoms with van der Waals surface area (Å²) in [4.78, 5) is 4.59. The van der Waals surface area contributed by atoms with E-state index in [2.05, 4.69) is 15.2 Å². The molecule has 0 atom stereocenters. The van der Waals surface area contributed by atoms with Gasteiger partial charge < -0.3 is 0 Å². The summed E-state index contributed by atoms with van der Waals surface area (Å²) < 4.78 is 43.0. The Morgan fingerprint density at radius 3 is 2.50 bits per heavy atom. The average molecular weight is 399 g/mol. The molecule has 0 unspecified atom stereocenters. The van der Waals surface area contributed by atoms with Crippen molar-refractivity contribution in [2.45, 2.75) is 25.2 Å². The van der Waals surface area contributed by atoms with Crippen LogP contribution in [0.2, 0.25) is 0 Å². The van der Waals surface area contributed by atoms with Gasteiger partial charge in [-0.05, 0) is 49.7 Å². The fraction of sp³-hybridized carbons (Fsp3) is 0.211. The van der Waals surface area contributed by atoms with Crippen LogP contribution in [-0.4, -0.2) is 34.5 Å². The van der Waals surface area contributed by atoms with Gasteiger partial charge in [0.15, 0.2) is 5.82 Å². The van der Waals surface area contributed by atoms with E-state index in [0.717, 1.165) is 17.6 Å². The molecule has 0 amide bonds. The van der Waals surface area contributed by atoms with E-state index in [4.69, 9.17) is 0 Å². The molecular weight excluding hydrogens is 381 g/mol. The Morgan fingerprint density at radius 2 is 1.79 bits per heavy atom. The van der Waals surface area contributed by atoms with E-state index in [0.29, 0.717) is 23.4 Å².